The van der Waals surface area contributed by atoms with E-state index < -0.39 is 41.6 Å². The van der Waals surface area contributed by atoms with E-state index in [-0.39, 0.29) is 24.6 Å². The van der Waals surface area contributed by atoms with Gasteiger partial charge in [-0.2, -0.15) is 0 Å². The summed E-state index contributed by atoms with van der Waals surface area (Å²) in [6.45, 7) is 0. The van der Waals surface area contributed by atoms with Crippen molar-refractivity contribution in [1.82, 2.24) is 0 Å². The molecule has 0 aliphatic rings. The number of hydrogen-bond donors (Lipinski definition) is 1. The minimum Gasteiger partial charge on any atom is -0.302 e. The van der Waals surface area contributed by atoms with Gasteiger partial charge < -0.3 is 4.89 Å². The number of alkyl halides is 10. The van der Waals surface area contributed by atoms with Gasteiger partial charge in [-0.15, -0.1) is 46.4 Å². The Kier molecular flexibility index (Phi) is 20.0. The lowest BCUT2D eigenvalue weighted by Crippen LogP contribution is -2.45. The van der Waals surface area contributed by atoms with Crippen LogP contribution in [-0.2, 0) is 13.6 Å². The molecule has 0 saturated heterocycles. The van der Waals surface area contributed by atoms with Crippen molar-refractivity contribution in [2.75, 3.05) is 43.7 Å². The maximum absolute atomic E-state index is 13.2. The first kappa shape index (κ1) is 35.2. The molecule has 0 aromatic heterocycles. The Morgan fingerprint density at radius 2 is 0.968 bits per heavy atom. The van der Waals surface area contributed by atoms with Gasteiger partial charge in [0, 0.05) is 65.3 Å². The normalized spacial score (nSPS) is 18.9. The van der Waals surface area contributed by atoms with Gasteiger partial charge in [-0.3, -0.25) is 9.05 Å². The quantitative estimate of drug-likeness (QED) is 0.111. The third kappa shape index (κ3) is 11.2. The second-order valence-corrected chi connectivity index (χ2v) is 13.7. The van der Waals surface area contributed by atoms with Gasteiger partial charge in [-0.05, 0) is 12.8 Å². The van der Waals surface area contributed by atoms with Crippen LogP contribution < -0.4 is 0 Å². The van der Waals surface area contributed by atoms with E-state index in [4.69, 9.17) is 55.5 Å². The van der Waals surface area contributed by atoms with Crippen LogP contribution in [0.2, 0.25) is 0 Å². The fraction of sp³-hybridized carbons (Fsp3) is 1.00. The molecular formula is C16H25Br6Cl4O4P. The molecule has 0 saturated carbocycles. The predicted octanol–water partition coefficient (Wildman–Crippen LogP) is 8.67. The maximum atomic E-state index is 13.2. The molecule has 0 bridgehead atoms. The second-order valence-electron chi connectivity index (χ2n) is 7.16. The highest BCUT2D eigenvalue weighted by Gasteiger charge is 2.46. The first-order chi connectivity index (χ1) is 14.5. The van der Waals surface area contributed by atoms with Crippen molar-refractivity contribution in [2.45, 2.75) is 35.8 Å². The molecule has 15 heteroatoms. The van der Waals surface area contributed by atoms with Crippen LogP contribution in [-0.4, -0.2) is 71.6 Å². The highest BCUT2D eigenvalue weighted by Crippen LogP contribution is 2.53. The minimum atomic E-state index is -4.54. The van der Waals surface area contributed by atoms with Crippen LogP contribution in [0.25, 0.3) is 0 Å². The summed E-state index contributed by atoms with van der Waals surface area (Å²) in [4.78, 5) is 10.8. The van der Waals surface area contributed by atoms with Crippen molar-refractivity contribution in [1.29, 1.82) is 0 Å². The van der Waals surface area contributed by atoms with E-state index in [9.17, 15) is 9.46 Å². The van der Waals surface area contributed by atoms with Crippen LogP contribution in [0.3, 0.4) is 0 Å². The molecule has 0 aliphatic heterocycles. The standard InChI is InChI=1S/C16H25Br6Cl4O4P/c17-5-15(6-18,7-19)13(1-11(25)3-23)29-31(27,28)30-14(2-12(26)4-24)16(8-20,9-21)10-22/h11-14H,1-10H2,(H,27,28). The minimum absolute atomic E-state index is 0.174. The van der Waals surface area contributed by atoms with Crippen LogP contribution >= 0.6 is 150 Å². The zero-order valence-electron chi connectivity index (χ0n) is 16.3. The van der Waals surface area contributed by atoms with Crippen LogP contribution in [0.5, 0.6) is 0 Å². The fourth-order valence-corrected chi connectivity index (χ4v) is 12.1. The number of phosphoric ester groups is 1. The molecule has 31 heavy (non-hydrogen) atoms. The molecule has 0 heterocycles. The van der Waals surface area contributed by atoms with Crippen LogP contribution in [0.1, 0.15) is 12.8 Å². The molecule has 0 aliphatic carbocycles. The van der Waals surface area contributed by atoms with Crippen LogP contribution in [0, 0.1) is 10.8 Å². The topological polar surface area (TPSA) is 55.8 Å². The predicted molar refractivity (Wildman–Crippen MR) is 157 cm³/mol. The van der Waals surface area contributed by atoms with Gasteiger partial charge in [0.2, 0.25) is 0 Å². The lowest BCUT2D eigenvalue weighted by Gasteiger charge is -2.41. The Bertz CT molecular complexity index is 490. The Balaban J connectivity index is 5.97. The number of halogens is 10. The summed E-state index contributed by atoms with van der Waals surface area (Å²) in [6.07, 6.45) is -0.941. The van der Waals surface area contributed by atoms with E-state index >= 15 is 0 Å². The van der Waals surface area contributed by atoms with E-state index in [1.165, 1.54) is 0 Å². The van der Waals surface area contributed by atoms with Crippen molar-refractivity contribution in [2.24, 2.45) is 10.8 Å². The highest BCUT2D eigenvalue weighted by molar-refractivity contribution is 9.10. The maximum Gasteiger partial charge on any atom is 0.472 e. The van der Waals surface area contributed by atoms with Crippen molar-refractivity contribution in [3.63, 3.8) is 0 Å². The molecular weight excluding hydrogens is 908 g/mol. The smallest absolute Gasteiger partial charge is 0.302 e. The average molecular weight is 934 g/mol. The highest BCUT2D eigenvalue weighted by atomic mass is 79.9. The van der Waals surface area contributed by atoms with E-state index in [0.29, 0.717) is 32.0 Å². The van der Waals surface area contributed by atoms with Crippen molar-refractivity contribution < 1.29 is 18.5 Å². The molecule has 0 fully saturated rings. The molecule has 4 atom stereocenters. The lowest BCUT2D eigenvalue weighted by atomic mass is 9.86. The van der Waals surface area contributed by atoms with Gasteiger partial charge in [0.25, 0.3) is 0 Å². The first-order valence-corrected chi connectivity index (χ1v) is 19.1. The summed E-state index contributed by atoms with van der Waals surface area (Å²) < 4.78 is 24.7. The SMILES string of the molecule is O=P(O)(OC(CC(Cl)CCl)C(CBr)(CBr)CBr)OC(CC(Cl)CCl)C(CBr)(CBr)CBr. The fourth-order valence-electron chi connectivity index (χ4n) is 2.48. The van der Waals surface area contributed by atoms with E-state index in [0.717, 1.165) is 0 Å². The Hall–Kier alpha value is 4.15. The second kappa shape index (κ2) is 17.6. The summed E-state index contributed by atoms with van der Waals surface area (Å²) in [5, 5.41) is 2.02. The van der Waals surface area contributed by atoms with Gasteiger partial charge >= 0.3 is 7.82 Å². The van der Waals surface area contributed by atoms with E-state index in [1.54, 1.807) is 0 Å². The molecule has 0 aromatic carbocycles. The summed E-state index contributed by atoms with van der Waals surface area (Å²) in [5.74, 6) is 0.347. The number of hydrogen-bond acceptors (Lipinski definition) is 3. The zero-order chi connectivity index (χ0) is 24.3. The Labute approximate surface area is 255 Å². The lowest BCUT2D eigenvalue weighted by molar-refractivity contribution is 0.00294. The van der Waals surface area contributed by atoms with Gasteiger partial charge in [0.05, 0.1) is 12.2 Å². The van der Waals surface area contributed by atoms with Gasteiger partial charge in [-0.1, -0.05) is 95.6 Å². The third-order valence-electron chi connectivity index (χ3n) is 4.76. The summed E-state index contributed by atoms with van der Waals surface area (Å²) in [6, 6.07) is 0. The molecule has 1 N–H and O–H groups in total. The van der Waals surface area contributed by atoms with Crippen molar-refractivity contribution in [3.05, 3.63) is 0 Å². The number of phosphoric acid groups is 1. The zero-order valence-corrected chi connectivity index (χ0v) is 29.7. The Morgan fingerprint density at radius 1 is 0.710 bits per heavy atom. The summed E-state index contributed by atoms with van der Waals surface area (Å²) in [7, 11) is -4.54. The van der Waals surface area contributed by atoms with Gasteiger partial charge in [0.15, 0.2) is 0 Å². The monoisotopic (exact) mass is 926 g/mol. The molecule has 0 spiro atoms. The molecule has 4 nitrogen and oxygen atoms in total. The molecule has 0 amide bonds. The van der Waals surface area contributed by atoms with E-state index in [2.05, 4.69) is 95.6 Å². The van der Waals surface area contributed by atoms with Crippen molar-refractivity contribution in [3.8, 4) is 0 Å². The molecule has 0 rings (SSSR count). The van der Waals surface area contributed by atoms with Crippen molar-refractivity contribution >= 4 is 150 Å². The average Bonchev–Trinajstić information content (AvgIpc) is 2.76. The van der Waals surface area contributed by atoms with E-state index in [1.807, 2.05) is 0 Å². The molecule has 188 valence electrons. The number of rotatable bonds is 18. The molecule has 0 radical (unpaired) electrons. The van der Waals surface area contributed by atoms with Crippen LogP contribution in [0.4, 0.5) is 0 Å². The molecule has 0 aromatic rings. The van der Waals surface area contributed by atoms with Crippen LogP contribution in [0.15, 0.2) is 0 Å². The van der Waals surface area contributed by atoms with Gasteiger partial charge in [-0.25, -0.2) is 4.57 Å². The first-order valence-electron chi connectivity index (χ1n) is 8.94. The summed E-state index contributed by atoms with van der Waals surface area (Å²) >= 11 is 45.3. The summed E-state index contributed by atoms with van der Waals surface area (Å²) in [5.41, 5.74) is -1.14. The van der Waals surface area contributed by atoms with Gasteiger partial charge in [0.1, 0.15) is 0 Å². The third-order valence-corrected chi connectivity index (χ3v) is 14.2. The largest absolute Gasteiger partial charge is 0.472 e. The Morgan fingerprint density at radius 3 is 1.16 bits per heavy atom. The molecule has 4 unspecified atom stereocenters.